The summed E-state index contributed by atoms with van der Waals surface area (Å²) in [7, 11) is 0. The van der Waals surface area contributed by atoms with E-state index in [4.69, 9.17) is 15.6 Å². The van der Waals surface area contributed by atoms with Crippen molar-refractivity contribution in [1.82, 2.24) is 5.32 Å². The fourth-order valence-corrected chi connectivity index (χ4v) is 1.19. The average molecular weight is 268 g/mol. The number of nitrogens with one attached hydrogen (secondary N) is 1. The van der Waals surface area contributed by atoms with Gasteiger partial charge in [-0.25, -0.2) is 4.79 Å². The maximum atomic E-state index is 10.9. The van der Waals surface area contributed by atoms with Crippen LogP contribution in [-0.4, -0.2) is 36.7 Å². The van der Waals surface area contributed by atoms with Crippen molar-refractivity contribution in [2.45, 2.75) is 13.8 Å². The molecule has 0 aliphatic rings. The van der Waals surface area contributed by atoms with Gasteiger partial charge in [0, 0.05) is 0 Å². The summed E-state index contributed by atoms with van der Waals surface area (Å²) in [6, 6.07) is 6.21. The van der Waals surface area contributed by atoms with Gasteiger partial charge in [-0.15, -0.1) is 0 Å². The van der Waals surface area contributed by atoms with E-state index in [9.17, 15) is 9.59 Å². The maximum absolute atomic E-state index is 10.9. The third-order valence-electron chi connectivity index (χ3n) is 2.00. The molecule has 0 spiro atoms. The van der Waals surface area contributed by atoms with Crippen molar-refractivity contribution >= 4 is 11.9 Å². The molecular formula is C13H20N2O4. The van der Waals surface area contributed by atoms with Gasteiger partial charge < -0.3 is 20.9 Å². The molecule has 1 rings (SSSR count). The second-order valence-corrected chi connectivity index (χ2v) is 3.50. The molecule has 0 radical (unpaired) electrons. The molecule has 0 aliphatic carbocycles. The maximum Gasteiger partial charge on any atom is 0.341 e. The molecule has 6 heteroatoms. The molecule has 0 saturated heterocycles. The molecule has 0 aromatic heterocycles. The molecule has 0 fully saturated rings. The smallest absolute Gasteiger partial charge is 0.341 e. The monoisotopic (exact) mass is 268 g/mol. The molecule has 0 atom stereocenters. The Kier molecular flexibility index (Phi) is 8.82. The van der Waals surface area contributed by atoms with Gasteiger partial charge in [-0.2, -0.15) is 0 Å². The Hall–Kier alpha value is -2.08. The van der Waals surface area contributed by atoms with Gasteiger partial charge in [0.1, 0.15) is 5.75 Å². The molecule has 6 nitrogen and oxygen atoms in total. The minimum absolute atomic E-state index is 0.175. The van der Waals surface area contributed by atoms with Crippen LogP contribution in [0.25, 0.3) is 0 Å². The molecule has 0 unspecified atom stereocenters. The number of amides is 1. The van der Waals surface area contributed by atoms with Crippen molar-refractivity contribution in [3.63, 3.8) is 0 Å². The highest BCUT2D eigenvalue weighted by atomic mass is 16.5. The van der Waals surface area contributed by atoms with Crippen LogP contribution in [-0.2, 0) is 4.79 Å². The number of carbonyl (C=O) groups excluding carboxylic acids is 1. The number of rotatable bonds is 6. The average Bonchev–Trinajstić information content (AvgIpc) is 2.38. The van der Waals surface area contributed by atoms with Crippen LogP contribution < -0.4 is 15.8 Å². The number of aliphatic carboxylic acids is 1. The lowest BCUT2D eigenvalue weighted by Crippen LogP contribution is -2.15. The number of benzene rings is 1. The second-order valence-electron chi connectivity index (χ2n) is 3.50. The predicted octanol–water partition coefficient (Wildman–Crippen LogP) is 0.865. The minimum atomic E-state index is -1.11. The number of carbonyl (C=O) groups is 2. The number of nitrogens with two attached hydrogens (primary N) is 1. The zero-order valence-electron chi connectivity index (χ0n) is 11.2. The van der Waals surface area contributed by atoms with Crippen LogP contribution >= 0.6 is 0 Å². The standard InChI is InChI=1S/C9H9NO4.C4H11N/c10-9(13)6-3-1-2-4-7(6)14-5-8(11)12;1-3-5-4-2/h1-4H,5H2,(H2,10,13)(H,11,12);5H,3-4H2,1-2H3. The first-order valence-corrected chi connectivity index (χ1v) is 5.97. The van der Waals surface area contributed by atoms with Gasteiger partial charge in [-0.1, -0.05) is 26.0 Å². The fraction of sp³-hybridized carbons (Fsp3) is 0.385. The summed E-state index contributed by atoms with van der Waals surface area (Å²) >= 11 is 0. The summed E-state index contributed by atoms with van der Waals surface area (Å²) < 4.78 is 4.86. The number of primary amides is 1. The molecule has 106 valence electrons. The summed E-state index contributed by atoms with van der Waals surface area (Å²) in [5.74, 6) is -1.57. The van der Waals surface area contributed by atoms with Gasteiger partial charge in [0.05, 0.1) is 5.56 Å². The van der Waals surface area contributed by atoms with Crippen LogP contribution in [0.1, 0.15) is 24.2 Å². The number of hydrogen-bond acceptors (Lipinski definition) is 4. The highest BCUT2D eigenvalue weighted by molar-refractivity contribution is 5.95. The first-order chi connectivity index (χ1) is 9.02. The zero-order valence-corrected chi connectivity index (χ0v) is 11.2. The van der Waals surface area contributed by atoms with Crippen molar-refractivity contribution < 1.29 is 19.4 Å². The number of hydrogen-bond donors (Lipinski definition) is 3. The normalized spacial score (nSPS) is 9.16. The molecule has 19 heavy (non-hydrogen) atoms. The van der Waals surface area contributed by atoms with E-state index in [-0.39, 0.29) is 11.3 Å². The Morgan fingerprint density at radius 2 is 1.84 bits per heavy atom. The highest BCUT2D eigenvalue weighted by Crippen LogP contribution is 2.16. The van der Waals surface area contributed by atoms with E-state index in [1.165, 1.54) is 12.1 Å². The lowest BCUT2D eigenvalue weighted by molar-refractivity contribution is -0.139. The largest absolute Gasteiger partial charge is 0.481 e. The minimum Gasteiger partial charge on any atom is -0.481 e. The van der Waals surface area contributed by atoms with Gasteiger partial charge in [-0.05, 0) is 25.2 Å². The van der Waals surface area contributed by atoms with Crippen LogP contribution in [0.4, 0.5) is 0 Å². The van der Waals surface area contributed by atoms with Crippen molar-refractivity contribution in [3.05, 3.63) is 29.8 Å². The predicted molar refractivity (Wildman–Crippen MR) is 72.3 cm³/mol. The van der Waals surface area contributed by atoms with Gasteiger partial charge in [0.15, 0.2) is 6.61 Å². The molecule has 0 heterocycles. The summed E-state index contributed by atoms with van der Waals surface area (Å²) in [6.45, 7) is 5.89. The number of carboxylic acids is 1. The van der Waals surface area contributed by atoms with Crippen molar-refractivity contribution in [2.75, 3.05) is 19.7 Å². The summed E-state index contributed by atoms with van der Waals surface area (Å²) in [5.41, 5.74) is 5.23. The van der Waals surface area contributed by atoms with Crippen LogP contribution in [0.15, 0.2) is 24.3 Å². The summed E-state index contributed by atoms with van der Waals surface area (Å²) in [4.78, 5) is 21.1. The first-order valence-electron chi connectivity index (χ1n) is 5.97. The first kappa shape index (κ1) is 16.9. The molecule has 0 saturated carbocycles. The third kappa shape index (κ3) is 7.77. The van der Waals surface area contributed by atoms with Gasteiger partial charge >= 0.3 is 5.97 Å². The third-order valence-corrected chi connectivity index (χ3v) is 2.00. The van der Waals surface area contributed by atoms with Crippen molar-refractivity contribution in [1.29, 1.82) is 0 Å². The van der Waals surface area contributed by atoms with E-state index in [1.807, 2.05) is 0 Å². The molecular weight excluding hydrogens is 248 g/mol. The Morgan fingerprint density at radius 3 is 2.26 bits per heavy atom. The Labute approximate surface area is 112 Å². The molecule has 1 aromatic carbocycles. The Morgan fingerprint density at radius 1 is 1.26 bits per heavy atom. The van der Waals surface area contributed by atoms with E-state index in [2.05, 4.69) is 19.2 Å². The second kappa shape index (κ2) is 9.90. The molecule has 1 amide bonds. The van der Waals surface area contributed by atoms with E-state index < -0.39 is 18.5 Å². The lowest BCUT2D eigenvalue weighted by atomic mass is 10.2. The Bertz CT molecular complexity index is 405. The van der Waals surface area contributed by atoms with Crippen LogP contribution in [0.3, 0.4) is 0 Å². The fourth-order valence-electron chi connectivity index (χ4n) is 1.19. The van der Waals surface area contributed by atoms with E-state index in [0.29, 0.717) is 0 Å². The molecule has 1 aromatic rings. The molecule has 4 N–H and O–H groups in total. The number of ether oxygens (including phenoxy) is 1. The highest BCUT2D eigenvalue weighted by Gasteiger charge is 2.08. The van der Waals surface area contributed by atoms with Crippen molar-refractivity contribution in [3.8, 4) is 5.75 Å². The number of carboxylic acid groups (broad SMARTS) is 1. The van der Waals surface area contributed by atoms with E-state index >= 15 is 0 Å². The van der Waals surface area contributed by atoms with E-state index in [1.54, 1.807) is 12.1 Å². The van der Waals surface area contributed by atoms with Gasteiger partial charge in [0.2, 0.25) is 0 Å². The lowest BCUT2D eigenvalue weighted by Gasteiger charge is -2.06. The zero-order chi connectivity index (χ0) is 14.7. The SMILES string of the molecule is CCNCC.NC(=O)c1ccccc1OCC(=O)O. The van der Waals surface area contributed by atoms with Crippen LogP contribution in [0, 0.1) is 0 Å². The van der Waals surface area contributed by atoms with E-state index in [0.717, 1.165) is 13.1 Å². The van der Waals surface area contributed by atoms with Crippen LogP contribution in [0.2, 0.25) is 0 Å². The summed E-state index contributed by atoms with van der Waals surface area (Å²) in [5, 5.41) is 11.5. The summed E-state index contributed by atoms with van der Waals surface area (Å²) in [6.07, 6.45) is 0. The van der Waals surface area contributed by atoms with Gasteiger partial charge in [0.25, 0.3) is 5.91 Å². The Balaban J connectivity index is 0.000000555. The quantitative estimate of drug-likeness (QED) is 0.710. The molecule has 0 bridgehead atoms. The topological polar surface area (TPSA) is 102 Å². The van der Waals surface area contributed by atoms with Crippen LogP contribution in [0.5, 0.6) is 5.75 Å². The number of para-hydroxylation sites is 1. The molecule has 0 aliphatic heterocycles. The van der Waals surface area contributed by atoms with Gasteiger partial charge in [-0.3, -0.25) is 4.79 Å². The van der Waals surface area contributed by atoms with Crippen molar-refractivity contribution in [2.24, 2.45) is 5.73 Å².